The summed E-state index contributed by atoms with van der Waals surface area (Å²) >= 11 is 4.86. The maximum Gasteiger partial charge on any atom is 0.233 e. The minimum Gasteiger partial charge on any atom is -0.337 e. The van der Waals surface area contributed by atoms with Crippen molar-refractivity contribution in [3.63, 3.8) is 0 Å². The minimum atomic E-state index is 0.183. The molecular weight excluding hydrogens is 398 g/mol. The van der Waals surface area contributed by atoms with E-state index in [-0.39, 0.29) is 5.91 Å². The van der Waals surface area contributed by atoms with Crippen LogP contribution in [0.3, 0.4) is 0 Å². The monoisotopic (exact) mass is 419 g/mol. The lowest BCUT2D eigenvalue weighted by Crippen LogP contribution is -2.48. The van der Waals surface area contributed by atoms with E-state index in [1.807, 2.05) is 35.2 Å². The van der Waals surface area contributed by atoms with Crippen LogP contribution in [0.1, 0.15) is 33.1 Å². The molecule has 0 N–H and O–H groups in total. The average molecular weight is 420 g/mol. The predicted molar refractivity (Wildman–Crippen MR) is 106 cm³/mol. The lowest BCUT2D eigenvalue weighted by atomic mass is 9.98. The van der Waals surface area contributed by atoms with Crippen LogP contribution in [-0.2, 0) is 4.79 Å². The van der Waals surface area contributed by atoms with E-state index in [1.54, 1.807) is 6.20 Å². The number of carbonyl (C=O) groups excluding carboxylic acids is 1. The molecule has 1 aliphatic heterocycles. The summed E-state index contributed by atoms with van der Waals surface area (Å²) in [6, 6.07) is 10.6. The highest BCUT2D eigenvalue weighted by Gasteiger charge is 2.28. The van der Waals surface area contributed by atoms with E-state index in [2.05, 4.69) is 39.7 Å². The van der Waals surface area contributed by atoms with Crippen molar-refractivity contribution >= 4 is 33.6 Å². The first-order chi connectivity index (χ1) is 12.0. The van der Waals surface area contributed by atoms with Gasteiger partial charge in [-0.3, -0.25) is 4.79 Å². The van der Waals surface area contributed by atoms with Gasteiger partial charge in [0.25, 0.3) is 0 Å². The molecule has 4 nitrogen and oxygen atoms in total. The molecule has 0 bridgehead atoms. The SMILES string of the molecule is C[C@@H]1CCC[C@H](C)N1C(=O)CSc1nccc(-c2ccc(Br)cc2)n1. The Kier molecular flexibility index (Phi) is 6.12. The summed E-state index contributed by atoms with van der Waals surface area (Å²) in [6.07, 6.45) is 5.15. The molecule has 3 rings (SSSR count). The van der Waals surface area contributed by atoms with Gasteiger partial charge in [-0.1, -0.05) is 39.8 Å². The highest BCUT2D eigenvalue weighted by atomic mass is 79.9. The topological polar surface area (TPSA) is 46.1 Å². The minimum absolute atomic E-state index is 0.183. The quantitative estimate of drug-likeness (QED) is 0.527. The summed E-state index contributed by atoms with van der Waals surface area (Å²) in [5.74, 6) is 0.570. The van der Waals surface area contributed by atoms with Crippen LogP contribution < -0.4 is 0 Å². The number of amides is 1. The van der Waals surface area contributed by atoms with Crippen molar-refractivity contribution in [2.75, 3.05) is 5.75 Å². The van der Waals surface area contributed by atoms with Crippen LogP contribution >= 0.6 is 27.7 Å². The van der Waals surface area contributed by atoms with Gasteiger partial charge in [0.2, 0.25) is 5.91 Å². The Labute approximate surface area is 161 Å². The number of halogens is 1. The Morgan fingerprint density at radius 1 is 1.20 bits per heavy atom. The van der Waals surface area contributed by atoms with E-state index in [0.717, 1.165) is 28.6 Å². The molecule has 1 aromatic carbocycles. The largest absolute Gasteiger partial charge is 0.337 e. The van der Waals surface area contributed by atoms with Crippen LogP contribution in [-0.4, -0.2) is 38.6 Å². The third-order valence-corrected chi connectivity index (χ3v) is 5.95. The second-order valence-corrected chi connectivity index (χ2v) is 8.31. The van der Waals surface area contributed by atoms with E-state index in [0.29, 0.717) is 23.0 Å². The van der Waals surface area contributed by atoms with Gasteiger partial charge in [0.15, 0.2) is 5.16 Å². The first-order valence-electron chi connectivity index (χ1n) is 8.57. The fraction of sp³-hybridized carbons (Fsp3) is 0.421. The van der Waals surface area contributed by atoms with E-state index in [9.17, 15) is 4.79 Å². The van der Waals surface area contributed by atoms with Crippen molar-refractivity contribution < 1.29 is 4.79 Å². The maximum atomic E-state index is 12.6. The fourth-order valence-corrected chi connectivity index (χ4v) is 4.27. The first-order valence-corrected chi connectivity index (χ1v) is 10.4. The summed E-state index contributed by atoms with van der Waals surface area (Å²) in [4.78, 5) is 23.6. The Morgan fingerprint density at radius 3 is 2.56 bits per heavy atom. The van der Waals surface area contributed by atoms with Crippen LogP contribution in [0, 0.1) is 0 Å². The predicted octanol–water partition coefficient (Wildman–Crippen LogP) is 4.79. The van der Waals surface area contributed by atoms with Gasteiger partial charge in [-0.2, -0.15) is 0 Å². The smallest absolute Gasteiger partial charge is 0.233 e. The van der Waals surface area contributed by atoms with Gasteiger partial charge in [-0.25, -0.2) is 9.97 Å². The molecule has 1 aromatic heterocycles. The zero-order valence-electron chi connectivity index (χ0n) is 14.5. The number of hydrogen-bond acceptors (Lipinski definition) is 4. The molecule has 1 saturated heterocycles. The molecule has 0 radical (unpaired) electrons. The van der Waals surface area contributed by atoms with E-state index in [1.165, 1.54) is 18.2 Å². The van der Waals surface area contributed by atoms with Gasteiger partial charge in [0, 0.05) is 28.3 Å². The molecule has 1 fully saturated rings. The molecule has 6 heteroatoms. The molecular formula is C19H22BrN3OS. The summed E-state index contributed by atoms with van der Waals surface area (Å²) in [5.41, 5.74) is 1.91. The van der Waals surface area contributed by atoms with Crippen LogP contribution in [0.2, 0.25) is 0 Å². The van der Waals surface area contributed by atoms with Crippen molar-refractivity contribution in [1.82, 2.24) is 14.9 Å². The van der Waals surface area contributed by atoms with Gasteiger partial charge in [-0.15, -0.1) is 0 Å². The molecule has 0 unspecified atom stereocenters. The zero-order chi connectivity index (χ0) is 17.8. The van der Waals surface area contributed by atoms with Crippen molar-refractivity contribution in [2.45, 2.75) is 50.4 Å². The van der Waals surface area contributed by atoms with Gasteiger partial charge >= 0.3 is 0 Å². The highest BCUT2D eigenvalue weighted by molar-refractivity contribution is 9.10. The second-order valence-electron chi connectivity index (χ2n) is 6.45. The molecule has 0 saturated carbocycles. The van der Waals surface area contributed by atoms with Crippen LogP contribution in [0.25, 0.3) is 11.3 Å². The Bertz CT molecular complexity index is 728. The van der Waals surface area contributed by atoms with Gasteiger partial charge in [-0.05, 0) is 51.3 Å². The Hall–Kier alpha value is -1.40. The Morgan fingerprint density at radius 2 is 1.88 bits per heavy atom. The lowest BCUT2D eigenvalue weighted by molar-refractivity contribution is -0.134. The van der Waals surface area contributed by atoms with Crippen LogP contribution in [0.15, 0.2) is 46.2 Å². The molecule has 2 heterocycles. The molecule has 2 aromatic rings. The molecule has 2 atom stereocenters. The number of thioether (sulfide) groups is 1. The number of likely N-dealkylation sites (tertiary alicyclic amines) is 1. The maximum absolute atomic E-state index is 12.6. The molecule has 0 aliphatic carbocycles. The summed E-state index contributed by atoms with van der Waals surface area (Å²) in [5, 5.41) is 0.645. The summed E-state index contributed by atoms with van der Waals surface area (Å²) in [6.45, 7) is 4.28. The molecule has 1 amide bonds. The number of rotatable bonds is 4. The second kappa shape index (κ2) is 8.32. The molecule has 132 valence electrons. The molecule has 1 aliphatic rings. The van der Waals surface area contributed by atoms with Gasteiger partial charge in [0.1, 0.15) is 0 Å². The number of aromatic nitrogens is 2. The van der Waals surface area contributed by atoms with Crippen LogP contribution in [0.4, 0.5) is 0 Å². The number of piperidine rings is 1. The van der Waals surface area contributed by atoms with E-state index < -0.39 is 0 Å². The van der Waals surface area contributed by atoms with Crippen LogP contribution in [0.5, 0.6) is 0 Å². The van der Waals surface area contributed by atoms with Gasteiger partial charge < -0.3 is 4.90 Å². The molecule has 25 heavy (non-hydrogen) atoms. The summed E-state index contributed by atoms with van der Waals surface area (Å²) < 4.78 is 1.04. The zero-order valence-corrected chi connectivity index (χ0v) is 16.9. The number of nitrogens with zero attached hydrogens (tertiary/aromatic N) is 3. The highest BCUT2D eigenvalue weighted by Crippen LogP contribution is 2.25. The fourth-order valence-electron chi connectivity index (χ4n) is 3.31. The van der Waals surface area contributed by atoms with E-state index >= 15 is 0 Å². The standard InChI is InChI=1S/C19H22BrN3OS/c1-13-4-3-5-14(2)23(13)18(24)12-25-19-21-11-10-17(22-19)15-6-8-16(20)9-7-15/h6-11,13-14H,3-5,12H2,1-2H3/t13-,14+. The first kappa shape index (κ1) is 18.4. The van der Waals surface area contributed by atoms with Crippen molar-refractivity contribution in [1.29, 1.82) is 0 Å². The van der Waals surface area contributed by atoms with Crippen molar-refractivity contribution in [2.24, 2.45) is 0 Å². The normalized spacial score (nSPS) is 20.5. The van der Waals surface area contributed by atoms with Crippen molar-refractivity contribution in [3.8, 4) is 11.3 Å². The van der Waals surface area contributed by atoms with E-state index in [4.69, 9.17) is 0 Å². The van der Waals surface area contributed by atoms with Crippen molar-refractivity contribution in [3.05, 3.63) is 41.0 Å². The molecule has 0 spiro atoms. The average Bonchev–Trinajstić information content (AvgIpc) is 2.61. The number of benzene rings is 1. The Balaban J connectivity index is 1.66. The number of hydrogen-bond donors (Lipinski definition) is 0. The third kappa shape index (κ3) is 4.61. The summed E-state index contributed by atoms with van der Waals surface area (Å²) in [7, 11) is 0. The van der Waals surface area contributed by atoms with Gasteiger partial charge in [0.05, 0.1) is 11.4 Å². The third-order valence-electron chi connectivity index (χ3n) is 4.58. The number of carbonyl (C=O) groups is 1. The lowest BCUT2D eigenvalue weighted by Gasteiger charge is -2.39.